The van der Waals surface area contributed by atoms with Crippen LogP contribution in [0, 0.1) is 17.8 Å². The molecule has 0 aromatic heterocycles. The predicted octanol–water partition coefficient (Wildman–Crippen LogP) is 2.41. The summed E-state index contributed by atoms with van der Waals surface area (Å²) in [6, 6.07) is 0. The normalized spacial score (nSPS) is 46.7. The van der Waals surface area contributed by atoms with E-state index in [0.29, 0.717) is 25.7 Å². The Labute approximate surface area is 168 Å². The van der Waals surface area contributed by atoms with E-state index in [2.05, 4.69) is 0 Å². The van der Waals surface area contributed by atoms with Crippen LogP contribution in [-0.4, -0.2) is 50.5 Å². The number of hydrogen-bond acceptors (Lipinski definition) is 8. The fraction of sp³-hybridized carbons (Fsp3) is 0.875. The van der Waals surface area contributed by atoms with Gasteiger partial charge in [0.2, 0.25) is 0 Å². The van der Waals surface area contributed by atoms with Crippen molar-refractivity contribution in [2.75, 3.05) is 0 Å². The number of thioether (sulfide) groups is 2. The Morgan fingerprint density at radius 3 is 2.43 bits per heavy atom. The molecule has 6 aliphatic rings. The Balaban J connectivity index is 1.39. The topological polar surface area (TPSA) is 107 Å². The number of carbonyl (C=O) groups is 2. The smallest absolute Gasteiger partial charge is 0.454 e. The van der Waals surface area contributed by atoms with Crippen molar-refractivity contribution in [2.45, 2.75) is 64.1 Å². The third-order valence-electron chi connectivity index (χ3n) is 6.70. The molecular weight excluding hydrogens is 438 g/mol. The molecule has 12 heteroatoms. The van der Waals surface area contributed by atoms with E-state index in [1.165, 1.54) is 0 Å². The lowest BCUT2D eigenvalue weighted by Gasteiger charge is -2.63. The van der Waals surface area contributed by atoms with Crippen LogP contribution < -0.4 is 0 Å². The predicted molar refractivity (Wildman–Crippen MR) is 95.1 cm³/mol. The maximum atomic E-state index is 13.7. The molecule has 1 spiro atoms. The van der Waals surface area contributed by atoms with E-state index >= 15 is 0 Å². The third-order valence-corrected chi connectivity index (χ3v) is 11.7. The summed E-state index contributed by atoms with van der Waals surface area (Å²) in [5, 5.41) is -4.90. The van der Waals surface area contributed by atoms with Gasteiger partial charge in [-0.05, 0) is 49.9 Å². The van der Waals surface area contributed by atoms with Crippen LogP contribution in [0.5, 0.6) is 0 Å². The fourth-order valence-corrected chi connectivity index (χ4v) is 10.5. The van der Waals surface area contributed by atoms with E-state index in [-0.39, 0.29) is 38.5 Å². The maximum Gasteiger partial charge on any atom is 0.465 e. The van der Waals surface area contributed by atoms with Crippen molar-refractivity contribution in [3.8, 4) is 0 Å². The molecule has 6 fully saturated rings. The molecule has 2 aliphatic heterocycles. The van der Waals surface area contributed by atoms with Crippen LogP contribution in [0.25, 0.3) is 0 Å². The number of hydrogen-bond donors (Lipinski definition) is 1. The summed E-state index contributed by atoms with van der Waals surface area (Å²) in [5.41, 5.74) is -1.32. The van der Waals surface area contributed by atoms with Crippen LogP contribution in [0.4, 0.5) is 8.78 Å². The Morgan fingerprint density at radius 2 is 1.86 bits per heavy atom. The lowest BCUT2D eigenvalue weighted by atomic mass is 9.53. The zero-order valence-electron chi connectivity index (χ0n) is 14.5. The summed E-state index contributed by atoms with van der Waals surface area (Å²) in [6.07, 6.45) is 3.32. The summed E-state index contributed by atoms with van der Waals surface area (Å²) >= 11 is 3.39. The first-order valence-corrected chi connectivity index (χ1v) is 12.3. The number of halogens is 2. The third kappa shape index (κ3) is 2.59. The highest BCUT2D eigenvalue weighted by atomic mass is 32.2. The minimum atomic E-state index is -5.89. The van der Waals surface area contributed by atoms with Gasteiger partial charge in [-0.3, -0.25) is 9.35 Å². The molecule has 7 nitrogen and oxygen atoms in total. The quantitative estimate of drug-likeness (QED) is 0.506. The van der Waals surface area contributed by atoms with Crippen LogP contribution in [-0.2, 0) is 29.2 Å². The number of carbonyl (C=O) groups excluding carboxylic acids is 2. The second kappa shape index (κ2) is 5.76. The van der Waals surface area contributed by atoms with Gasteiger partial charge in [0, 0.05) is 0 Å². The highest BCUT2D eigenvalue weighted by molar-refractivity contribution is 8.22. The van der Waals surface area contributed by atoms with Gasteiger partial charge in [0.05, 0.1) is 15.7 Å². The average molecular weight is 457 g/mol. The average Bonchev–Trinajstić information content (AvgIpc) is 3.05. The highest BCUT2D eigenvalue weighted by Gasteiger charge is 2.69. The van der Waals surface area contributed by atoms with E-state index in [1.807, 2.05) is 0 Å². The van der Waals surface area contributed by atoms with E-state index in [0.717, 1.165) is 12.8 Å². The van der Waals surface area contributed by atoms with Crippen molar-refractivity contribution < 1.29 is 40.8 Å². The van der Waals surface area contributed by atoms with Gasteiger partial charge in [-0.25, -0.2) is 4.79 Å². The first-order valence-electron chi connectivity index (χ1n) is 9.07. The van der Waals surface area contributed by atoms with E-state index in [9.17, 15) is 26.8 Å². The molecule has 2 saturated heterocycles. The molecule has 156 valence electrons. The Bertz CT molecular complexity index is 826. The van der Waals surface area contributed by atoms with Crippen molar-refractivity contribution >= 4 is 45.6 Å². The number of alkyl halides is 2. The number of ether oxygens (including phenoxy) is 2. The van der Waals surface area contributed by atoms with E-state index in [4.69, 9.17) is 14.0 Å². The molecule has 0 radical (unpaired) electrons. The molecule has 4 bridgehead atoms. The van der Waals surface area contributed by atoms with Crippen molar-refractivity contribution in [3.63, 3.8) is 0 Å². The molecule has 4 saturated carbocycles. The molecule has 2 heterocycles. The first kappa shape index (κ1) is 19.4. The van der Waals surface area contributed by atoms with Gasteiger partial charge in [0.1, 0.15) is 5.60 Å². The SMILES string of the molecule is O=C1CC2SC3(SC2O1)C1CC2CC3CC(OC(=O)C(F)(F)S(=O)(=O)O)(C2)C1. The standard InChI is InChI=1S/C16H18F2O7S3/c17-16(18,28(21,22)23)13(20)25-14-4-7-1-8(5-14)15(9(2-7)6-14)26-10-3-11(19)24-12(10)27-15/h7-10,12H,1-6H2,(H,21,22,23). The van der Waals surface area contributed by atoms with Crippen molar-refractivity contribution in [1.82, 2.24) is 0 Å². The molecule has 4 unspecified atom stereocenters. The van der Waals surface area contributed by atoms with Gasteiger partial charge >= 0.3 is 27.3 Å². The van der Waals surface area contributed by atoms with E-state index < -0.39 is 26.9 Å². The summed E-state index contributed by atoms with van der Waals surface area (Å²) in [4.78, 5) is 23.5. The molecule has 0 amide bonds. The number of fused-ring (bicyclic) bond motifs is 1. The zero-order valence-corrected chi connectivity index (χ0v) is 17.0. The maximum absolute atomic E-state index is 13.7. The molecule has 28 heavy (non-hydrogen) atoms. The van der Waals surface area contributed by atoms with Crippen LogP contribution in [0.2, 0.25) is 0 Å². The molecule has 4 atom stereocenters. The molecule has 0 aromatic rings. The van der Waals surface area contributed by atoms with Gasteiger partial charge in [-0.15, -0.1) is 11.8 Å². The molecule has 6 rings (SSSR count). The molecule has 0 aromatic carbocycles. The second-order valence-electron chi connectivity index (χ2n) is 8.47. The fourth-order valence-electron chi connectivity index (χ4n) is 5.88. The Hall–Kier alpha value is -0.590. The van der Waals surface area contributed by atoms with Crippen molar-refractivity contribution in [1.29, 1.82) is 0 Å². The van der Waals surface area contributed by atoms with Crippen LogP contribution in [0.1, 0.15) is 38.5 Å². The van der Waals surface area contributed by atoms with E-state index in [1.54, 1.807) is 23.5 Å². The van der Waals surface area contributed by atoms with Gasteiger partial charge in [-0.1, -0.05) is 11.8 Å². The Morgan fingerprint density at radius 1 is 1.21 bits per heavy atom. The summed E-state index contributed by atoms with van der Waals surface area (Å²) in [6.45, 7) is 0. The monoisotopic (exact) mass is 456 g/mol. The van der Waals surface area contributed by atoms with Gasteiger partial charge in [-0.2, -0.15) is 17.2 Å². The molecular formula is C16H18F2O7S3. The summed E-state index contributed by atoms with van der Waals surface area (Å²) in [5.74, 6) is -1.98. The molecule has 1 N–H and O–H groups in total. The highest BCUT2D eigenvalue weighted by Crippen LogP contribution is 2.73. The van der Waals surface area contributed by atoms with Gasteiger partial charge in [0.15, 0.2) is 5.44 Å². The molecule has 4 aliphatic carbocycles. The van der Waals surface area contributed by atoms with Crippen molar-refractivity contribution in [2.24, 2.45) is 17.8 Å². The first-order chi connectivity index (χ1) is 12.9. The minimum Gasteiger partial charge on any atom is -0.454 e. The number of rotatable bonds is 3. The second-order valence-corrected chi connectivity index (χ2v) is 13.1. The zero-order chi connectivity index (χ0) is 20.1. The van der Waals surface area contributed by atoms with Crippen molar-refractivity contribution in [3.05, 3.63) is 0 Å². The lowest BCUT2D eigenvalue weighted by molar-refractivity contribution is -0.202. The van der Waals surface area contributed by atoms with Crippen LogP contribution in [0.15, 0.2) is 0 Å². The van der Waals surface area contributed by atoms with Gasteiger partial charge < -0.3 is 9.47 Å². The van der Waals surface area contributed by atoms with Crippen LogP contribution >= 0.6 is 23.5 Å². The largest absolute Gasteiger partial charge is 0.465 e. The summed E-state index contributed by atoms with van der Waals surface area (Å²) in [7, 11) is -5.89. The minimum absolute atomic E-state index is 0.0809. The number of esters is 2. The van der Waals surface area contributed by atoms with Crippen LogP contribution in [0.3, 0.4) is 0 Å². The summed E-state index contributed by atoms with van der Waals surface area (Å²) < 4.78 is 68.2. The Kier molecular flexibility index (Phi) is 3.99. The van der Waals surface area contributed by atoms with Gasteiger partial charge in [0.25, 0.3) is 0 Å². The lowest BCUT2D eigenvalue weighted by Crippen LogP contribution is -2.62.